The third-order valence-corrected chi connectivity index (χ3v) is 4.82. The van der Waals surface area contributed by atoms with Crippen molar-refractivity contribution in [2.75, 3.05) is 26.8 Å². The fraction of sp³-hybridized carbons (Fsp3) is 0.280. The van der Waals surface area contributed by atoms with Crippen LogP contribution in [0.1, 0.15) is 18.9 Å². The molecule has 3 N–H and O–H groups in total. The van der Waals surface area contributed by atoms with E-state index in [1.807, 2.05) is 54.6 Å². The molecule has 0 aliphatic heterocycles. The van der Waals surface area contributed by atoms with Gasteiger partial charge >= 0.3 is 0 Å². The van der Waals surface area contributed by atoms with Crippen molar-refractivity contribution in [3.8, 4) is 11.5 Å². The third kappa shape index (κ3) is 5.32. The lowest BCUT2D eigenvalue weighted by atomic mass is 10.1. The first-order chi connectivity index (χ1) is 14.8. The molecule has 0 saturated carbocycles. The molecule has 0 bridgehead atoms. The van der Waals surface area contributed by atoms with Gasteiger partial charge in [-0.25, -0.2) is 0 Å². The predicted octanol–water partition coefficient (Wildman–Crippen LogP) is 4.89. The monoisotopic (exact) mass is 406 g/mol. The maximum atomic E-state index is 9.30. The molecule has 0 fully saturated rings. The number of rotatable bonds is 8. The van der Waals surface area contributed by atoms with Gasteiger partial charge in [0.05, 0.1) is 13.7 Å². The number of ether oxygens (including phenoxy) is 2. The summed E-state index contributed by atoms with van der Waals surface area (Å²) in [5.74, 6) is 1.59. The summed E-state index contributed by atoms with van der Waals surface area (Å²) in [7, 11) is 1.65. The zero-order chi connectivity index (χ0) is 21.2. The fourth-order valence-electron chi connectivity index (χ4n) is 3.38. The number of hydrogen-bond donors (Lipinski definition) is 3. The minimum Gasteiger partial charge on any atom is -0.493 e. The van der Waals surface area contributed by atoms with E-state index in [-0.39, 0.29) is 6.61 Å². The molecule has 0 spiro atoms. The molecule has 0 aliphatic rings. The van der Waals surface area contributed by atoms with Crippen LogP contribution in [-0.4, -0.2) is 36.9 Å². The van der Waals surface area contributed by atoms with Gasteiger partial charge in [-0.15, -0.1) is 0 Å². The van der Waals surface area contributed by atoms with Crippen molar-refractivity contribution >= 4 is 21.8 Å². The number of nitrogens with one attached hydrogen (secondary N) is 2. The number of H-pyrrole nitrogens is 1. The van der Waals surface area contributed by atoms with Crippen molar-refractivity contribution in [3.05, 3.63) is 72.3 Å². The van der Waals surface area contributed by atoms with Crippen LogP contribution in [0.25, 0.3) is 21.8 Å². The Morgan fingerprint density at radius 2 is 1.60 bits per heavy atom. The summed E-state index contributed by atoms with van der Waals surface area (Å²) in [4.78, 5) is 3.34. The van der Waals surface area contributed by atoms with Gasteiger partial charge in [0.15, 0.2) is 11.5 Å². The van der Waals surface area contributed by atoms with E-state index in [9.17, 15) is 5.11 Å². The van der Waals surface area contributed by atoms with Crippen molar-refractivity contribution < 1.29 is 14.6 Å². The number of hydrogen-bond acceptors (Lipinski definition) is 4. The van der Waals surface area contributed by atoms with E-state index in [2.05, 4.69) is 29.4 Å². The first-order valence-corrected chi connectivity index (χ1v) is 10.3. The summed E-state index contributed by atoms with van der Waals surface area (Å²) in [6.07, 6.45) is 1.15. The molecule has 3 aromatic carbocycles. The van der Waals surface area contributed by atoms with Gasteiger partial charge in [0.1, 0.15) is 6.61 Å². The van der Waals surface area contributed by atoms with Gasteiger partial charge in [-0.2, -0.15) is 0 Å². The first-order valence-electron chi connectivity index (χ1n) is 10.3. The second kappa shape index (κ2) is 11.2. The molecule has 0 aliphatic carbocycles. The van der Waals surface area contributed by atoms with Crippen LogP contribution in [-0.2, 0) is 6.61 Å². The molecule has 5 heteroatoms. The van der Waals surface area contributed by atoms with Gasteiger partial charge in [-0.1, -0.05) is 49.4 Å². The molecule has 4 rings (SSSR count). The molecule has 1 aromatic heterocycles. The van der Waals surface area contributed by atoms with E-state index in [1.165, 1.54) is 5.39 Å². The number of benzene rings is 3. The van der Waals surface area contributed by atoms with Crippen LogP contribution in [0.2, 0.25) is 0 Å². The van der Waals surface area contributed by atoms with Gasteiger partial charge in [0.25, 0.3) is 0 Å². The molecular weight excluding hydrogens is 376 g/mol. The average Bonchev–Trinajstić information content (AvgIpc) is 3.18. The molecule has 1 heterocycles. The smallest absolute Gasteiger partial charge is 0.161 e. The summed E-state index contributed by atoms with van der Waals surface area (Å²) in [5, 5.41) is 14.9. The molecular formula is C25H30N2O3. The maximum Gasteiger partial charge on any atom is 0.161 e. The Bertz CT molecular complexity index is 1060. The zero-order valence-electron chi connectivity index (χ0n) is 17.7. The Morgan fingerprint density at radius 3 is 2.37 bits per heavy atom. The van der Waals surface area contributed by atoms with E-state index in [0.717, 1.165) is 53.0 Å². The predicted molar refractivity (Wildman–Crippen MR) is 123 cm³/mol. The average molecular weight is 407 g/mol. The molecule has 0 radical (unpaired) electrons. The van der Waals surface area contributed by atoms with Gasteiger partial charge in [-0.05, 0) is 42.8 Å². The second-order valence-electron chi connectivity index (χ2n) is 6.92. The molecule has 158 valence electrons. The summed E-state index contributed by atoms with van der Waals surface area (Å²) < 4.78 is 10.8. The standard InChI is InChI=1S/C13H11NO.C12H19NO2/c15-8-9-4-3-7-12-13(9)10-5-1-2-6-11(10)14-12;1-3-8-13-9-10-15-12-7-5-4-6-11(12)14-2/h1-7,14-15H,8H2;4-7,13H,3,8-10H2,1-2H3. The van der Waals surface area contributed by atoms with E-state index < -0.39 is 0 Å². The highest BCUT2D eigenvalue weighted by Crippen LogP contribution is 2.28. The number of aliphatic hydroxyl groups excluding tert-OH is 1. The van der Waals surface area contributed by atoms with Crippen LogP contribution in [0.5, 0.6) is 11.5 Å². The van der Waals surface area contributed by atoms with Crippen LogP contribution in [0.3, 0.4) is 0 Å². The zero-order valence-corrected chi connectivity index (χ0v) is 17.7. The Kier molecular flexibility index (Phi) is 8.12. The third-order valence-electron chi connectivity index (χ3n) is 4.82. The summed E-state index contributed by atoms with van der Waals surface area (Å²) in [5.41, 5.74) is 3.18. The Morgan fingerprint density at radius 1 is 0.867 bits per heavy atom. The molecule has 0 amide bonds. The number of aliphatic hydroxyl groups is 1. The largest absolute Gasteiger partial charge is 0.493 e. The Labute approximate surface area is 177 Å². The highest BCUT2D eigenvalue weighted by molar-refractivity contribution is 6.08. The van der Waals surface area contributed by atoms with Gasteiger partial charge in [0, 0.05) is 28.4 Å². The minimum absolute atomic E-state index is 0.0825. The van der Waals surface area contributed by atoms with Crippen molar-refractivity contribution in [2.24, 2.45) is 0 Å². The molecule has 0 atom stereocenters. The van der Waals surface area contributed by atoms with Gasteiger partial charge in [-0.3, -0.25) is 0 Å². The quantitative estimate of drug-likeness (QED) is 0.365. The highest BCUT2D eigenvalue weighted by Gasteiger charge is 2.06. The lowest BCUT2D eigenvalue weighted by Gasteiger charge is -2.10. The molecule has 0 saturated heterocycles. The summed E-state index contributed by atoms with van der Waals surface area (Å²) in [6, 6.07) is 21.8. The van der Waals surface area contributed by atoms with E-state index >= 15 is 0 Å². The molecule has 5 nitrogen and oxygen atoms in total. The van der Waals surface area contributed by atoms with E-state index in [4.69, 9.17) is 9.47 Å². The van der Waals surface area contributed by atoms with Crippen molar-refractivity contribution in [3.63, 3.8) is 0 Å². The highest BCUT2D eigenvalue weighted by atomic mass is 16.5. The van der Waals surface area contributed by atoms with Gasteiger partial charge < -0.3 is 24.9 Å². The fourth-order valence-corrected chi connectivity index (χ4v) is 3.38. The van der Waals surface area contributed by atoms with Crippen molar-refractivity contribution in [1.29, 1.82) is 0 Å². The number of aromatic nitrogens is 1. The second-order valence-corrected chi connectivity index (χ2v) is 6.92. The normalized spacial score (nSPS) is 10.6. The number of methoxy groups -OCH3 is 1. The lowest BCUT2D eigenvalue weighted by Crippen LogP contribution is -2.21. The summed E-state index contributed by atoms with van der Waals surface area (Å²) in [6.45, 7) is 4.80. The molecule has 30 heavy (non-hydrogen) atoms. The van der Waals surface area contributed by atoms with Crippen molar-refractivity contribution in [1.82, 2.24) is 10.3 Å². The number of aromatic amines is 1. The molecule has 4 aromatic rings. The van der Waals surface area contributed by atoms with E-state index in [1.54, 1.807) is 7.11 Å². The summed E-state index contributed by atoms with van der Waals surface area (Å²) >= 11 is 0. The number of para-hydroxylation sites is 3. The Hall–Kier alpha value is -3.02. The van der Waals surface area contributed by atoms with Crippen LogP contribution < -0.4 is 14.8 Å². The SMILES string of the molecule is CCCNCCOc1ccccc1OC.OCc1cccc2[nH]c3ccccc3c12. The van der Waals surface area contributed by atoms with Crippen molar-refractivity contribution in [2.45, 2.75) is 20.0 Å². The van der Waals surface area contributed by atoms with Crippen LogP contribution in [0.15, 0.2) is 66.7 Å². The molecule has 0 unspecified atom stereocenters. The maximum absolute atomic E-state index is 9.30. The van der Waals surface area contributed by atoms with E-state index in [0.29, 0.717) is 6.61 Å². The topological polar surface area (TPSA) is 66.5 Å². The van der Waals surface area contributed by atoms with Crippen LogP contribution in [0, 0.1) is 0 Å². The number of fused-ring (bicyclic) bond motifs is 3. The first kappa shape index (κ1) is 21.7. The minimum atomic E-state index is 0.0825. The lowest BCUT2D eigenvalue weighted by molar-refractivity contribution is 0.283. The Balaban J connectivity index is 0.000000171. The van der Waals surface area contributed by atoms with Crippen LogP contribution in [0.4, 0.5) is 0 Å². The van der Waals surface area contributed by atoms with Gasteiger partial charge in [0.2, 0.25) is 0 Å². The van der Waals surface area contributed by atoms with Crippen LogP contribution >= 0.6 is 0 Å².